The average Bonchev–Trinajstić information content (AvgIpc) is 2.89. The van der Waals surface area contributed by atoms with E-state index in [4.69, 9.17) is 0 Å². The molecule has 3 rings (SSSR count). The molecule has 0 spiro atoms. The van der Waals surface area contributed by atoms with Gasteiger partial charge in [-0.1, -0.05) is 36.4 Å². The fourth-order valence-corrected chi connectivity index (χ4v) is 2.42. The summed E-state index contributed by atoms with van der Waals surface area (Å²) in [6.07, 6.45) is 0.503. The standard InChI is InChI=1S/C18H15N3O4/c22-10-12-7-4-8-13(16(12)23)20-15-14(17(24)21-18(15)25)19-9-11-5-2-1-3-6-11/h1-8,10,23H,9H2,(H3,19,20,21,24,25). The molecule has 1 aliphatic heterocycles. The number of aromatic hydroxyl groups is 1. The lowest BCUT2D eigenvalue weighted by Crippen LogP contribution is -2.27. The Balaban J connectivity index is 1.87. The Kier molecular flexibility index (Phi) is 4.47. The van der Waals surface area contributed by atoms with Crippen molar-refractivity contribution in [3.8, 4) is 5.75 Å². The first kappa shape index (κ1) is 16.3. The minimum absolute atomic E-state index is 0.0146. The van der Waals surface area contributed by atoms with Crippen LogP contribution in [0.5, 0.6) is 5.75 Å². The van der Waals surface area contributed by atoms with Gasteiger partial charge in [0.15, 0.2) is 6.29 Å². The molecule has 0 fully saturated rings. The van der Waals surface area contributed by atoms with E-state index in [0.29, 0.717) is 12.8 Å². The summed E-state index contributed by atoms with van der Waals surface area (Å²) in [6.45, 7) is 0.350. The molecule has 0 saturated heterocycles. The zero-order valence-corrected chi connectivity index (χ0v) is 13.1. The van der Waals surface area contributed by atoms with Gasteiger partial charge in [0.1, 0.15) is 17.1 Å². The third-order valence-corrected chi connectivity index (χ3v) is 3.70. The van der Waals surface area contributed by atoms with E-state index in [1.807, 2.05) is 30.3 Å². The van der Waals surface area contributed by atoms with Crippen LogP contribution in [0.25, 0.3) is 0 Å². The van der Waals surface area contributed by atoms with Crippen LogP contribution in [0.4, 0.5) is 5.69 Å². The number of aldehydes is 1. The molecule has 0 aliphatic carbocycles. The molecule has 0 radical (unpaired) electrons. The van der Waals surface area contributed by atoms with Gasteiger partial charge in [-0.25, -0.2) is 0 Å². The predicted molar refractivity (Wildman–Crippen MR) is 90.6 cm³/mol. The number of rotatable bonds is 6. The first-order valence-corrected chi connectivity index (χ1v) is 7.52. The highest BCUT2D eigenvalue weighted by Crippen LogP contribution is 2.28. The predicted octanol–water partition coefficient (Wildman–Crippen LogP) is 1.27. The van der Waals surface area contributed by atoms with Crippen molar-refractivity contribution >= 4 is 23.8 Å². The molecule has 0 atom stereocenters. The number of hydrogen-bond donors (Lipinski definition) is 4. The SMILES string of the molecule is O=Cc1cccc(NC2=C(NCc3ccccc3)C(=O)NC2=O)c1O. The lowest BCUT2D eigenvalue weighted by molar-refractivity contribution is -0.124. The van der Waals surface area contributed by atoms with Crippen LogP contribution in [0.2, 0.25) is 0 Å². The molecule has 7 heteroatoms. The van der Waals surface area contributed by atoms with Crippen LogP contribution in [-0.4, -0.2) is 23.2 Å². The van der Waals surface area contributed by atoms with E-state index >= 15 is 0 Å². The number of amides is 2. The largest absolute Gasteiger partial charge is 0.505 e. The zero-order valence-electron chi connectivity index (χ0n) is 13.1. The van der Waals surface area contributed by atoms with Gasteiger partial charge in [0, 0.05) is 6.54 Å². The molecule has 2 amide bonds. The van der Waals surface area contributed by atoms with Crippen molar-refractivity contribution in [3.63, 3.8) is 0 Å². The molecule has 0 unspecified atom stereocenters. The topological polar surface area (TPSA) is 108 Å². The molecular formula is C18H15N3O4. The molecule has 1 aliphatic rings. The molecule has 25 heavy (non-hydrogen) atoms. The molecule has 7 nitrogen and oxygen atoms in total. The quantitative estimate of drug-likeness (QED) is 0.359. The van der Waals surface area contributed by atoms with Gasteiger partial charge in [-0.2, -0.15) is 0 Å². The van der Waals surface area contributed by atoms with Gasteiger partial charge in [0.05, 0.1) is 11.3 Å². The maximum atomic E-state index is 12.0. The van der Waals surface area contributed by atoms with Crippen molar-refractivity contribution < 1.29 is 19.5 Å². The summed E-state index contributed by atoms with van der Waals surface area (Å²) in [5.74, 6) is -1.47. The van der Waals surface area contributed by atoms with Gasteiger partial charge < -0.3 is 15.7 Å². The summed E-state index contributed by atoms with van der Waals surface area (Å²) in [7, 11) is 0. The number of carbonyl (C=O) groups is 3. The Bertz CT molecular complexity index is 875. The Morgan fingerprint density at radius 1 is 0.960 bits per heavy atom. The monoisotopic (exact) mass is 337 g/mol. The number of carbonyl (C=O) groups excluding carboxylic acids is 3. The number of phenols is 1. The molecule has 2 aromatic carbocycles. The maximum Gasteiger partial charge on any atom is 0.276 e. The molecule has 4 N–H and O–H groups in total. The van der Waals surface area contributed by atoms with Crippen LogP contribution >= 0.6 is 0 Å². The van der Waals surface area contributed by atoms with Crippen molar-refractivity contribution in [2.45, 2.75) is 6.54 Å². The summed E-state index contributed by atoms with van der Waals surface area (Å²) in [4.78, 5) is 34.9. The van der Waals surface area contributed by atoms with Gasteiger partial charge in [0.2, 0.25) is 0 Å². The Morgan fingerprint density at radius 3 is 2.40 bits per heavy atom. The lowest BCUT2D eigenvalue weighted by Gasteiger charge is -2.11. The van der Waals surface area contributed by atoms with Gasteiger partial charge in [0.25, 0.3) is 11.8 Å². The van der Waals surface area contributed by atoms with Crippen LogP contribution in [0.15, 0.2) is 59.9 Å². The van der Waals surface area contributed by atoms with Crippen molar-refractivity contribution in [1.82, 2.24) is 10.6 Å². The maximum absolute atomic E-state index is 12.0. The molecule has 126 valence electrons. The highest BCUT2D eigenvalue weighted by atomic mass is 16.3. The van der Waals surface area contributed by atoms with E-state index in [0.717, 1.165) is 5.56 Å². The summed E-state index contributed by atoms with van der Waals surface area (Å²) < 4.78 is 0. The second-order valence-corrected chi connectivity index (χ2v) is 5.36. The van der Waals surface area contributed by atoms with Crippen molar-refractivity contribution in [1.29, 1.82) is 0 Å². The van der Waals surface area contributed by atoms with E-state index in [1.54, 1.807) is 6.07 Å². The molecular weight excluding hydrogens is 322 g/mol. The lowest BCUT2D eigenvalue weighted by atomic mass is 10.2. The number of nitrogens with one attached hydrogen (secondary N) is 3. The van der Waals surface area contributed by atoms with Crippen molar-refractivity contribution in [2.24, 2.45) is 0 Å². The third-order valence-electron chi connectivity index (χ3n) is 3.70. The average molecular weight is 337 g/mol. The molecule has 1 heterocycles. The van der Waals surface area contributed by atoms with Gasteiger partial charge in [-0.15, -0.1) is 0 Å². The van der Waals surface area contributed by atoms with E-state index in [2.05, 4.69) is 16.0 Å². The van der Waals surface area contributed by atoms with Crippen LogP contribution in [-0.2, 0) is 16.1 Å². The van der Waals surface area contributed by atoms with Crippen LogP contribution in [0.1, 0.15) is 15.9 Å². The van der Waals surface area contributed by atoms with Crippen LogP contribution in [0, 0.1) is 0 Å². The summed E-state index contributed by atoms with van der Waals surface area (Å²) in [5.41, 5.74) is 1.23. The number of imide groups is 1. The highest BCUT2D eigenvalue weighted by molar-refractivity contribution is 6.20. The summed E-state index contributed by atoms with van der Waals surface area (Å²) in [5, 5.41) is 17.9. The number of benzene rings is 2. The Morgan fingerprint density at radius 2 is 1.68 bits per heavy atom. The highest BCUT2D eigenvalue weighted by Gasteiger charge is 2.31. The molecule has 0 aromatic heterocycles. The van der Waals surface area contributed by atoms with Crippen molar-refractivity contribution in [2.75, 3.05) is 5.32 Å². The van der Waals surface area contributed by atoms with E-state index in [-0.39, 0.29) is 28.4 Å². The van der Waals surface area contributed by atoms with E-state index in [1.165, 1.54) is 12.1 Å². The zero-order chi connectivity index (χ0) is 17.8. The van der Waals surface area contributed by atoms with Crippen LogP contribution in [0.3, 0.4) is 0 Å². The molecule has 0 bridgehead atoms. The van der Waals surface area contributed by atoms with Crippen molar-refractivity contribution in [3.05, 3.63) is 71.1 Å². The Hall–Kier alpha value is -3.61. The normalized spacial score (nSPS) is 13.6. The third kappa shape index (κ3) is 3.35. The van der Waals surface area contributed by atoms with Gasteiger partial charge >= 0.3 is 0 Å². The van der Waals surface area contributed by atoms with Gasteiger partial charge in [-0.05, 0) is 17.7 Å². The first-order chi connectivity index (χ1) is 12.1. The first-order valence-electron chi connectivity index (χ1n) is 7.52. The number of para-hydroxylation sites is 1. The second-order valence-electron chi connectivity index (χ2n) is 5.36. The Labute approximate surface area is 143 Å². The molecule has 2 aromatic rings. The number of hydrogen-bond acceptors (Lipinski definition) is 6. The number of phenolic OH excluding ortho intramolecular Hbond substituents is 1. The minimum Gasteiger partial charge on any atom is -0.505 e. The summed E-state index contributed by atoms with van der Waals surface area (Å²) in [6, 6.07) is 13.9. The smallest absolute Gasteiger partial charge is 0.276 e. The minimum atomic E-state index is -0.614. The number of anilines is 1. The molecule has 0 saturated carbocycles. The van der Waals surface area contributed by atoms with E-state index < -0.39 is 11.8 Å². The second kappa shape index (κ2) is 6.88. The fraction of sp³-hybridized carbons (Fsp3) is 0.0556. The van der Waals surface area contributed by atoms with Gasteiger partial charge in [-0.3, -0.25) is 19.7 Å². The summed E-state index contributed by atoms with van der Waals surface area (Å²) >= 11 is 0. The van der Waals surface area contributed by atoms with Crippen LogP contribution < -0.4 is 16.0 Å². The fourth-order valence-electron chi connectivity index (χ4n) is 2.42. The van der Waals surface area contributed by atoms with E-state index in [9.17, 15) is 19.5 Å².